The first kappa shape index (κ1) is 12.4. The van der Waals surface area contributed by atoms with Crippen LogP contribution in [0.4, 0.5) is 0 Å². The van der Waals surface area contributed by atoms with E-state index in [0.717, 1.165) is 0 Å². The average molecular weight is 224 g/mol. The van der Waals surface area contributed by atoms with Crippen molar-refractivity contribution in [2.45, 2.75) is 26.2 Å². The molecule has 1 atom stereocenters. The first-order chi connectivity index (χ1) is 7.47. The molecule has 0 amide bonds. The van der Waals surface area contributed by atoms with Crippen LogP contribution >= 0.6 is 0 Å². The van der Waals surface area contributed by atoms with E-state index in [2.05, 4.69) is 0 Å². The van der Waals surface area contributed by atoms with Crippen LogP contribution in [0, 0.1) is 6.92 Å². The second-order valence-corrected chi connectivity index (χ2v) is 3.83. The lowest BCUT2D eigenvalue weighted by atomic mass is 9.95. The Bertz CT molecular complexity index is 398. The van der Waals surface area contributed by atoms with E-state index in [-0.39, 0.29) is 18.1 Å². The Kier molecular flexibility index (Phi) is 3.77. The molecule has 1 rings (SSSR count). The van der Waals surface area contributed by atoms with Gasteiger partial charge in [-0.1, -0.05) is 13.0 Å². The van der Waals surface area contributed by atoms with Crippen molar-refractivity contribution in [2.75, 3.05) is 7.11 Å². The van der Waals surface area contributed by atoms with E-state index in [0.29, 0.717) is 16.9 Å². The van der Waals surface area contributed by atoms with Crippen LogP contribution in [0.5, 0.6) is 11.5 Å². The minimum absolute atomic E-state index is 0.000666. The molecule has 0 saturated carbocycles. The molecule has 0 fully saturated rings. The summed E-state index contributed by atoms with van der Waals surface area (Å²) in [5.41, 5.74) is 1.28. The van der Waals surface area contributed by atoms with Gasteiger partial charge in [-0.2, -0.15) is 0 Å². The maximum absolute atomic E-state index is 10.6. The van der Waals surface area contributed by atoms with Crippen LogP contribution in [0.2, 0.25) is 0 Å². The number of aliphatic carboxylic acids is 1. The molecule has 88 valence electrons. The summed E-state index contributed by atoms with van der Waals surface area (Å²) in [6.45, 7) is 3.51. The van der Waals surface area contributed by atoms with Gasteiger partial charge < -0.3 is 14.9 Å². The third-order valence-corrected chi connectivity index (χ3v) is 2.64. The van der Waals surface area contributed by atoms with Gasteiger partial charge in [0, 0.05) is 5.56 Å². The van der Waals surface area contributed by atoms with Gasteiger partial charge in [0.25, 0.3) is 0 Å². The fourth-order valence-corrected chi connectivity index (χ4v) is 1.69. The second-order valence-electron chi connectivity index (χ2n) is 3.83. The van der Waals surface area contributed by atoms with Gasteiger partial charge >= 0.3 is 5.97 Å². The largest absolute Gasteiger partial charge is 0.507 e. The molecule has 0 aliphatic heterocycles. The van der Waals surface area contributed by atoms with Crippen molar-refractivity contribution < 1.29 is 19.7 Å². The third kappa shape index (κ3) is 2.45. The van der Waals surface area contributed by atoms with Gasteiger partial charge in [0.15, 0.2) is 0 Å². The van der Waals surface area contributed by atoms with Crippen molar-refractivity contribution in [1.82, 2.24) is 0 Å². The number of phenolic OH excluding ortho intramolecular Hbond substituents is 1. The predicted octanol–water partition coefficient (Wildman–Crippen LogP) is 2.29. The standard InChI is InChI=1S/C12H16O4/c1-7(6-11(13)14)9-4-5-10(16-3)8(2)12(9)15/h4-5,7,15H,6H2,1-3H3,(H,13,14). The van der Waals surface area contributed by atoms with E-state index in [1.165, 1.54) is 7.11 Å². The van der Waals surface area contributed by atoms with Crippen LogP contribution in [0.25, 0.3) is 0 Å². The molecule has 0 aliphatic rings. The highest BCUT2D eigenvalue weighted by Gasteiger charge is 2.17. The molecule has 0 spiro atoms. The molecule has 0 radical (unpaired) electrons. The zero-order chi connectivity index (χ0) is 12.3. The van der Waals surface area contributed by atoms with Gasteiger partial charge in [-0.3, -0.25) is 4.79 Å². The summed E-state index contributed by atoms with van der Waals surface area (Å²) >= 11 is 0. The first-order valence-corrected chi connectivity index (χ1v) is 5.05. The number of benzene rings is 1. The minimum atomic E-state index is -0.875. The van der Waals surface area contributed by atoms with E-state index in [9.17, 15) is 9.90 Å². The van der Waals surface area contributed by atoms with Crippen LogP contribution in [-0.2, 0) is 4.79 Å². The number of carboxylic acids is 1. The molecule has 1 unspecified atom stereocenters. The van der Waals surface area contributed by atoms with E-state index in [1.54, 1.807) is 26.0 Å². The third-order valence-electron chi connectivity index (χ3n) is 2.64. The number of ether oxygens (including phenoxy) is 1. The topological polar surface area (TPSA) is 66.8 Å². The number of carbonyl (C=O) groups is 1. The Morgan fingerprint density at radius 2 is 2.12 bits per heavy atom. The smallest absolute Gasteiger partial charge is 0.303 e. The SMILES string of the molecule is COc1ccc(C(C)CC(=O)O)c(O)c1C. The second kappa shape index (κ2) is 4.88. The van der Waals surface area contributed by atoms with Gasteiger partial charge in [0.2, 0.25) is 0 Å². The minimum Gasteiger partial charge on any atom is -0.507 e. The van der Waals surface area contributed by atoms with Crippen molar-refractivity contribution in [1.29, 1.82) is 0 Å². The van der Waals surface area contributed by atoms with Crippen molar-refractivity contribution in [3.05, 3.63) is 23.3 Å². The van der Waals surface area contributed by atoms with E-state index in [1.807, 2.05) is 0 Å². The maximum atomic E-state index is 10.6. The zero-order valence-corrected chi connectivity index (χ0v) is 9.65. The highest BCUT2D eigenvalue weighted by molar-refractivity contribution is 5.68. The number of hydrogen-bond acceptors (Lipinski definition) is 3. The van der Waals surface area contributed by atoms with Crippen LogP contribution in [0.3, 0.4) is 0 Å². The lowest BCUT2D eigenvalue weighted by Gasteiger charge is -2.15. The van der Waals surface area contributed by atoms with E-state index < -0.39 is 5.97 Å². The fourth-order valence-electron chi connectivity index (χ4n) is 1.69. The van der Waals surface area contributed by atoms with E-state index in [4.69, 9.17) is 9.84 Å². The molecule has 4 nitrogen and oxygen atoms in total. The average Bonchev–Trinajstić information content (AvgIpc) is 2.20. The van der Waals surface area contributed by atoms with Gasteiger partial charge in [0.05, 0.1) is 13.5 Å². The van der Waals surface area contributed by atoms with Crippen molar-refractivity contribution in [2.24, 2.45) is 0 Å². The molecule has 1 aromatic rings. The summed E-state index contributed by atoms with van der Waals surface area (Å²) in [5, 5.41) is 18.6. The Balaban J connectivity index is 3.06. The molecule has 4 heteroatoms. The monoisotopic (exact) mass is 224 g/mol. The number of carboxylic acid groups (broad SMARTS) is 1. The van der Waals surface area contributed by atoms with Crippen LogP contribution in [0.1, 0.15) is 30.4 Å². The number of hydrogen-bond donors (Lipinski definition) is 2. The zero-order valence-electron chi connectivity index (χ0n) is 9.65. The number of methoxy groups -OCH3 is 1. The molecular formula is C12H16O4. The van der Waals surface area contributed by atoms with E-state index >= 15 is 0 Å². The highest BCUT2D eigenvalue weighted by atomic mass is 16.5. The molecule has 0 bridgehead atoms. The highest BCUT2D eigenvalue weighted by Crippen LogP contribution is 2.35. The first-order valence-electron chi connectivity index (χ1n) is 5.05. The Morgan fingerprint density at radius 3 is 2.62 bits per heavy atom. The van der Waals surface area contributed by atoms with Gasteiger partial charge in [-0.05, 0) is 24.5 Å². The van der Waals surface area contributed by atoms with Crippen molar-refractivity contribution >= 4 is 5.97 Å². The number of aromatic hydroxyl groups is 1. The quantitative estimate of drug-likeness (QED) is 0.823. The molecular weight excluding hydrogens is 208 g/mol. The predicted molar refractivity (Wildman–Crippen MR) is 60.1 cm³/mol. The van der Waals surface area contributed by atoms with Crippen LogP contribution in [-0.4, -0.2) is 23.3 Å². The Morgan fingerprint density at radius 1 is 1.50 bits per heavy atom. The number of phenols is 1. The fraction of sp³-hybridized carbons (Fsp3) is 0.417. The van der Waals surface area contributed by atoms with Crippen LogP contribution < -0.4 is 4.74 Å². The summed E-state index contributed by atoms with van der Waals surface area (Å²) in [6, 6.07) is 3.44. The van der Waals surface area contributed by atoms with Gasteiger partial charge in [-0.15, -0.1) is 0 Å². The molecule has 0 aliphatic carbocycles. The summed E-state index contributed by atoms with van der Waals surface area (Å²) in [6.07, 6.45) is -0.000666. The lowest BCUT2D eigenvalue weighted by Crippen LogP contribution is -2.04. The molecule has 1 aromatic carbocycles. The van der Waals surface area contributed by atoms with Crippen molar-refractivity contribution in [3.8, 4) is 11.5 Å². The molecule has 0 saturated heterocycles. The molecule has 16 heavy (non-hydrogen) atoms. The van der Waals surface area contributed by atoms with Crippen LogP contribution in [0.15, 0.2) is 12.1 Å². The summed E-state index contributed by atoms with van der Waals surface area (Å²) < 4.78 is 5.07. The molecule has 0 aromatic heterocycles. The normalized spacial score (nSPS) is 12.2. The number of rotatable bonds is 4. The Hall–Kier alpha value is -1.71. The Labute approximate surface area is 94.5 Å². The van der Waals surface area contributed by atoms with Crippen molar-refractivity contribution in [3.63, 3.8) is 0 Å². The lowest BCUT2D eigenvalue weighted by molar-refractivity contribution is -0.137. The van der Waals surface area contributed by atoms with Gasteiger partial charge in [-0.25, -0.2) is 0 Å². The summed E-state index contributed by atoms with van der Waals surface area (Å²) in [5.74, 6) is -0.376. The van der Waals surface area contributed by atoms with Gasteiger partial charge in [0.1, 0.15) is 11.5 Å². The summed E-state index contributed by atoms with van der Waals surface area (Å²) in [4.78, 5) is 10.6. The molecule has 2 N–H and O–H groups in total. The summed E-state index contributed by atoms with van der Waals surface area (Å²) in [7, 11) is 1.53. The maximum Gasteiger partial charge on any atom is 0.303 e. The molecule has 0 heterocycles.